The zero-order valence-electron chi connectivity index (χ0n) is 19.0. The van der Waals surface area contributed by atoms with E-state index in [0.29, 0.717) is 6.54 Å². The molecule has 2 amide bonds. The number of aliphatic hydroxyl groups excluding tert-OH is 1. The second kappa shape index (κ2) is 10.2. The summed E-state index contributed by atoms with van der Waals surface area (Å²) in [6.07, 6.45) is 2.03. The molecule has 3 atom stereocenters. The Morgan fingerprint density at radius 2 is 1.69 bits per heavy atom. The van der Waals surface area contributed by atoms with Gasteiger partial charge < -0.3 is 15.3 Å². The highest BCUT2D eigenvalue weighted by molar-refractivity contribution is 5.74. The molecular weight excluding hydrogens is 398 g/mol. The molecule has 2 heterocycles. The summed E-state index contributed by atoms with van der Waals surface area (Å²) in [5.74, 6) is 6.65. The number of rotatable bonds is 3. The molecule has 2 saturated heterocycles. The fourth-order valence-corrected chi connectivity index (χ4v) is 4.92. The van der Waals surface area contributed by atoms with E-state index in [0.717, 1.165) is 37.1 Å². The highest BCUT2D eigenvalue weighted by Crippen LogP contribution is 2.41. The van der Waals surface area contributed by atoms with Crippen molar-refractivity contribution >= 4 is 6.03 Å². The normalized spacial score (nSPS) is 23.2. The highest BCUT2D eigenvalue weighted by Gasteiger charge is 2.49. The van der Waals surface area contributed by atoms with Crippen molar-refractivity contribution in [1.82, 2.24) is 15.1 Å². The number of fused-ring (bicyclic) bond motifs is 1. The number of aliphatic hydroxyl groups is 1. The monoisotopic (exact) mass is 431 g/mol. The Labute approximate surface area is 191 Å². The quantitative estimate of drug-likeness (QED) is 0.732. The van der Waals surface area contributed by atoms with Crippen LogP contribution >= 0.6 is 0 Å². The molecular formula is C27H33N3O2. The van der Waals surface area contributed by atoms with Crippen molar-refractivity contribution in [3.8, 4) is 11.8 Å². The molecule has 2 aromatic rings. The third kappa shape index (κ3) is 4.98. The Morgan fingerprint density at radius 3 is 2.34 bits per heavy atom. The number of urea groups is 1. The summed E-state index contributed by atoms with van der Waals surface area (Å²) in [6, 6.07) is 18.8. The number of hydrogen-bond acceptors (Lipinski definition) is 3. The fourth-order valence-electron chi connectivity index (χ4n) is 4.92. The predicted octanol–water partition coefficient (Wildman–Crippen LogP) is 3.43. The third-order valence-electron chi connectivity index (χ3n) is 6.49. The van der Waals surface area contributed by atoms with Gasteiger partial charge in [0.05, 0.1) is 6.61 Å². The first-order valence-corrected chi connectivity index (χ1v) is 11.7. The van der Waals surface area contributed by atoms with Gasteiger partial charge >= 0.3 is 6.03 Å². The van der Waals surface area contributed by atoms with Crippen LogP contribution in [0.15, 0.2) is 54.6 Å². The first-order valence-electron chi connectivity index (χ1n) is 11.7. The third-order valence-corrected chi connectivity index (χ3v) is 6.49. The van der Waals surface area contributed by atoms with Crippen LogP contribution in [0.5, 0.6) is 0 Å². The van der Waals surface area contributed by atoms with Gasteiger partial charge in [-0.3, -0.25) is 4.90 Å². The lowest BCUT2D eigenvalue weighted by Crippen LogP contribution is -2.68. The molecule has 4 rings (SSSR count). The Bertz CT molecular complexity index is 962. The van der Waals surface area contributed by atoms with Crippen LogP contribution in [0.2, 0.25) is 0 Å². The van der Waals surface area contributed by atoms with Gasteiger partial charge in [-0.2, -0.15) is 0 Å². The molecule has 168 valence electrons. The summed E-state index contributed by atoms with van der Waals surface area (Å²) >= 11 is 0. The van der Waals surface area contributed by atoms with E-state index in [1.807, 2.05) is 49.1 Å². The van der Waals surface area contributed by atoms with Crippen molar-refractivity contribution in [2.24, 2.45) is 0 Å². The average molecular weight is 432 g/mol. The van der Waals surface area contributed by atoms with Crippen molar-refractivity contribution in [2.75, 3.05) is 26.2 Å². The minimum Gasteiger partial charge on any atom is -0.395 e. The van der Waals surface area contributed by atoms with Gasteiger partial charge in [-0.1, -0.05) is 42.2 Å². The van der Waals surface area contributed by atoms with Crippen LogP contribution in [0.25, 0.3) is 0 Å². The summed E-state index contributed by atoms with van der Waals surface area (Å²) in [5.41, 5.74) is 3.19. The fraction of sp³-hybridized carbons (Fsp3) is 0.444. The molecule has 2 aromatic carbocycles. The van der Waals surface area contributed by atoms with Crippen LogP contribution in [0, 0.1) is 11.8 Å². The van der Waals surface area contributed by atoms with Crippen LogP contribution in [-0.4, -0.2) is 65.3 Å². The van der Waals surface area contributed by atoms with Crippen LogP contribution in [0.4, 0.5) is 4.79 Å². The molecule has 5 nitrogen and oxygen atoms in total. The van der Waals surface area contributed by atoms with E-state index < -0.39 is 0 Å². The molecule has 5 heteroatoms. The first-order chi connectivity index (χ1) is 15.6. The molecule has 2 N–H and O–H groups in total. The van der Waals surface area contributed by atoms with Gasteiger partial charge in [0.25, 0.3) is 0 Å². The van der Waals surface area contributed by atoms with E-state index in [-0.39, 0.29) is 36.7 Å². The topological polar surface area (TPSA) is 55.8 Å². The van der Waals surface area contributed by atoms with Crippen LogP contribution in [0.1, 0.15) is 49.3 Å². The first kappa shape index (κ1) is 22.4. The smallest absolute Gasteiger partial charge is 0.317 e. The minimum absolute atomic E-state index is 0.0135. The summed E-state index contributed by atoms with van der Waals surface area (Å²) in [6.45, 7) is 6.57. The molecule has 2 fully saturated rings. The van der Waals surface area contributed by atoms with Crippen molar-refractivity contribution in [2.45, 2.75) is 50.7 Å². The number of hydrogen-bond donors (Lipinski definition) is 2. The molecule has 2 aliphatic heterocycles. The number of nitrogens with one attached hydrogen (secondary N) is 1. The number of benzene rings is 2. The van der Waals surface area contributed by atoms with Gasteiger partial charge in [0.15, 0.2) is 0 Å². The van der Waals surface area contributed by atoms with Gasteiger partial charge in [0.1, 0.15) is 0 Å². The number of carbonyl (C=O) groups is 1. The Hall–Kier alpha value is -2.81. The Kier molecular flexibility index (Phi) is 7.14. The number of amides is 2. The maximum Gasteiger partial charge on any atom is 0.317 e. The molecule has 0 aliphatic carbocycles. The van der Waals surface area contributed by atoms with Gasteiger partial charge in [0.2, 0.25) is 0 Å². The Balaban J connectivity index is 1.51. The van der Waals surface area contributed by atoms with Crippen LogP contribution in [-0.2, 0) is 0 Å². The molecule has 0 aromatic heterocycles. The predicted molar refractivity (Wildman–Crippen MR) is 127 cm³/mol. The van der Waals surface area contributed by atoms with Gasteiger partial charge in [0, 0.05) is 48.3 Å². The average Bonchev–Trinajstić information content (AvgIpc) is 2.77. The standard InChI is InChI=1S/C27H33N3O2/c1-20(2)28-27(32)29-16-6-7-17-30-24(18-29)26(25(30)19-31)23-14-12-22(13-15-23)11-10-21-8-4-3-5-9-21/h3-5,8-9,12-15,20,24-26,31H,6-7,16-19H2,1-2H3,(H,28,32)/t24-,25+,26-/m0/s1. The van der Waals surface area contributed by atoms with E-state index in [1.165, 1.54) is 5.56 Å². The SMILES string of the molecule is CC(C)NC(=O)N1CCCCN2[C@H](CO)[C@@H](c3ccc(C#Cc4ccccc4)cc3)[C@@H]2C1. The number of carbonyl (C=O) groups excluding carboxylic acids is 1. The molecule has 0 saturated carbocycles. The van der Waals surface area contributed by atoms with Gasteiger partial charge in [-0.05, 0) is 63.1 Å². The van der Waals surface area contributed by atoms with Crippen molar-refractivity contribution in [3.05, 3.63) is 71.3 Å². The lowest BCUT2D eigenvalue weighted by Gasteiger charge is -2.57. The zero-order chi connectivity index (χ0) is 22.5. The lowest BCUT2D eigenvalue weighted by molar-refractivity contribution is -0.0591. The van der Waals surface area contributed by atoms with Crippen LogP contribution < -0.4 is 5.32 Å². The largest absolute Gasteiger partial charge is 0.395 e. The van der Waals surface area contributed by atoms with E-state index in [2.05, 4.69) is 46.3 Å². The van der Waals surface area contributed by atoms with E-state index in [4.69, 9.17) is 0 Å². The summed E-state index contributed by atoms with van der Waals surface area (Å²) in [4.78, 5) is 17.1. The lowest BCUT2D eigenvalue weighted by atomic mass is 9.74. The van der Waals surface area contributed by atoms with Crippen LogP contribution in [0.3, 0.4) is 0 Å². The summed E-state index contributed by atoms with van der Waals surface area (Å²) in [7, 11) is 0. The minimum atomic E-state index is 0.0135. The summed E-state index contributed by atoms with van der Waals surface area (Å²) < 4.78 is 0. The van der Waals surface area contributed by atoms with E-state index in [9.17, 15) is 9.90 Å². The molecule has 0 radical (unpaired) electrons. The molecule has 0 bridgehead atoms. The Morgan fingerprint density at radius 1 is 1.03 bits per heavy atom. The van der Waals surface area contributed by atoms with Gasteiger partial charge in [-0.15, -0.1) is 0 Å². The molecule has 0 unspecified atom stereocenters. The van der Waals surface area contributed by atoms with Crippen molar-refractivity contribution < 1.29 is 9.90 Å². The number of nitrogens with zero attached hydrogens (tertiary/aromatic N) is 2. The van der Waals surface area contributed by atoms with Crippen molar-refractivity contribution in [3.63, 3.8) is 0 Å². The molecule has 2 aliphatic rings. The second-order valence-corrected chi connectivity index (χ2v) is 9.08. The maximum atomic E-state index is 12.7. The second-order valence-electron chi connectivity index (χ2n) is 9.08. The highest BCUT2D eigenvalue weighted by atomic mass is 16.3. The van der Waals surface area contributed by atoms with E-state index >= 15 is 0 Å². The summed E-state index contributed by atoms with van der Waals surface area (Å²) in [5, 5.41) is 13.2. The molecule has 32 heavy (non-hydrogen) atoms. The van der Waals surface area contributed by atoms with Gasteiger partial charge in [-0.25, -0.2) is 4.79 Å². The molecule has 0 spiro atoms. The zero-order valence-corrected chi connectivity index (χ0v) is 19.0. The van der Waals surface area contributed by atoms with Crippen molar-refractivity contribution in [1.29, 1.82) is 0 Å². The van der Waals surface area contributed by atoms with E-state index in [1.54, 1.807) is 0 Å². The maximum absolute atomic E-state index is 12.7.